The van der Waals surface area contributed by atoms with E-state index in [2.05, 4.69) is 48.5 Å². The van der Waals surface area contributed by atoms with Crippen LogP contribution in [-0.2, 0) is 0 Å². The number of benzene rings is 1. The number of hydrogen-bond acceptors (Lipinski definition) is 3. The Morgan fingerprint density at radius 2 is 2.19 bits per heavy atom. The van der Waals surface area contributed by atoms with Crippen molar-refractivity contribution in [1.82, 2.24) is 10.2 Å². The second-order valence-corrected chi connectivity index (χ2v) is 4.71. The minimum Gasteiger partial charge on any atom is -0.323 e. The van der Waals surface area contributed by atoms with Gasteiger partial charge in [-0.15, -0.1) is 0 Å². The van der Waals surface area contributed by atoms with Crippen LogP contribution in [0.15, 0.2) is 24.3 Å². The minimum atomic E-state index is 0.0870. The Morgan fingerprint density at radius 3 is 2.88 bits per heavy atom. The predicted octanol–water partition coefficient (Wildman–Crippen LogP) is 0.898. The average Bonchev–Trinajstić information content (AvgIpc) is 2.29. The molecule has 1 aliphatic heterocycles. The molecule has 88 valence electrons. The normalized spacial score (nSPS) is 24.3. The van der Waals surface area contributed by atoms with E-state index in [9.17, 15) is 0 Å². The van der Waals surface area contributed by atoms with Gasteiger partial charge in [0.05, 0.1) is 0 Å². The lowest BCUT2D eigenvalue weighted by Gasteiger charge is -2.35. The van der Waals surface area contributed by atoms with Crippen LogP contribution in [0, 0.1) is 6.92 Å². The topological polar surface area (TPSA) is 41.3 Å². The van der Waals surface area contributed by atoms with Crippen molar-refractivity contribution < 1.29 is 0 Å². The summed E-state index contributed by atoms with van der Waals surface area (Å²) in [6, 6.07) is 8.84. The van der Waals surface area contributed by atoms with Gasteiger partial charge >= 0.3 is 0 Å². The molecular formula is C13H21N3. The van der Waals surface area contributed by atoms with E-state index < -0.39 is 0 Å². The van der Waals surface area contributed by atoms with Crippen molar-refractivity contribution in [3.05, 3.63) is 35.4 Å². The zero-order valence-electron chi connectivity index (χ0n) is 10.1. The summed E-state index contributed by atoms with van der Waals surface area (Å²) in [7, 11) is 2.15. The Bertz CT molecular complexity index is 351. The fraction of sp³-hybridized carbons (Fsp3) is 0.538. The molecule has 1 aliphatic rings. The Morgan fingerprint density at radius 1 is 1.44 bits per heavy atom. The highest BCUT2D eigenvalue weighted by atomic mass is 15.2. The molecule has 3 N–H and O–H groups in total. The van der Waals surface area contributed by atoms with Crippen LogP contribution in [-0.4, -0.2) is 37.6 Å². The number of nitrogens with two attached hydrogens (primary N) is 1. The molecule has 2 atom stereocenters. The minimum absolute atomic E-state index is 0.0870. The predicted molar refractivity (Wildman–Crippen MR) is 67.4 cm³/mol. The van der Waals surface area contributed by atoms with Gasteiger partial charge in [0.1, 0.15) is 0 Å². The van der Waals surface area contributed by atoms with Crippen LogP contribution in [0.5, 0.6) is 0 Å². The maximum Gasteiger partial charge on any atom is 0.0466 e. The summed E-state index contributed by atoms with van der Waals surface area (Å²) in [5, 5.41) is 3.51. The van der Waals surface area contributed by atoms with E-state index in [1.165, 1.54) is 11.1 Å². The van der Waals surface area contributed by atoms with Gasteiger partial charge < -0.3 is 16.0 Å². The molecule has 0 spiro atoms. The first kappa shape index (κ1) is 11.6. The number of hydrogen-bond donors (Lipinski definition) is 2. The number of nitrogens with zero attached hydrogens (tertiary/aromatic N) is 1. The zero-order chi connectivity index (χ0) is 11.5. The van der Waals surface area contributed by atoms with E-state index in [1.54, 1.807) is 0 Å². The number of likely N-dealkylation sites (N-methyl/N-ethyl adjacent to an activating group) is 1. The highest BCUT2D eigenvalue weighted by molar-refractivity contribution is 5.29. The van der Waals surface area contributed by atoms with E-state index in [4.69, 9.17) is 5.73 Å². The Balaban J connectivity index is 2.12. The molecular weight excluding hydrogens is 198 g/mol. The monoisotopic (exact) mass is 219 g/mol. The number of rotatable bonds is 2. The van der Waals surface area contributed by atoms with Crippen LogP contribution in [0.2, 0.25) is 0 Å². The van der Waals surface area contributed by atoms with Crippen molar-refractivity contribution >= 4 is 0 Å². The van der Waals surface area contributed by atoms with Crippen LogP contribution in [0.25, 0.3) is 0 Å². The van der Waals surface area contributed by atoms with Crippen molar-refractivity contribution in [3.63, 3.8) is 0 Å². The molecule has 3 heteroatoms. The fourth-order valence-electron chi connectivity index (χ4n) is 2.35. The lowest BCUT2D eigenvalue weighted by atomic mass is 9.95. The molecule has 0 aliphatic carbocycles. The number of piperazine rings is 1. The SMILES string of the molecule is Cc1ccccc1C(N)C1CN(C)CCN1. The van der Waals surface area contributed by atoms with Crippen molar-refractivity contribution in [2.75, 3.05) is 26.7 Å². The second-order valence-electron chi connectivity index (χ2n) is 4.71. The first-order valence-corrected chi connectivity index (χ1v) is 5.91. The molecule has 1 aromatic rings. The molecule has 0 radical (unpaired) electrons. The molecule has 1 saturated heterocycles. The van der Waals surface area contributed by atoms with Crippen LogP contribution in [0.1, 0.15) is 17.2 Å². The van der Waals surface area contributed by atoms with E-state index in [-0.39, 0.29) is 6.04 Å². The van der Waals surface area contributed by atoms with Gasteiger partial charge in [0.15, 0.2) is 0 Å². The largest absolute Gasteiger partial charge is 0.323 e. The lowest BCUT2D eigenvalue weighted by Crippen LogP contribution is -2.53. The molecule has 16 heavy (non-hydrogen) atoms. The molecule has 0 aromatic heterocycles. The molecule has 0 bridgehead atoms. The molecule has 3 nitrogen and oxygen atoms in total. The summed E-state index contributed by atoms with van der Waals surface area (Å²) in [5.41, 5.74) is 8.89. The van der Waals surface area contributed by atoms with Crippen molar-refractivity contribution in [1.29, 1.82) is 0 Å². The van der Waals surface area contributed by atoms with Crippen LogP contribution in [0.4, 0.5) is 0 Å². The molecule has 2 unspecified atom stereocenters. The molecule has 1 heterocycles. The smallest absolute Gasteiger partial charge is 0.0466 e. The Labute approximate surface area is 97.6 Å². The third-order valence-electron chi connectivity index (χ3n) is 3.39. The summed E-state index contributed by atoms with van der Waals surface area (Å²) >= 11 is 0. The van der Waals surface area contributed by atoms with E-state index in [0.717, 1.165) is 19.6 Å². The van der Waals surface area contributed by atoms with Gasteiger partial charge in [0.2, 0.25) is 0 Å². The van der Waals surface area contributed by atoms with E-state index in [0.29, 0.717) is 6.04 Å². The first-order chi connectivity index (χ1) is 7.68. The first-order valence-electron chi connectivity index (χ1n) is 5.91. The Hall–Kier alpha value is -0.900. The summed E-state index contributed by atoms with van der Waals surface area (Å²) in [6.07, 6.45) is 0. The number of nitrogens with one attached hydrogen (secondary N) is 1. The third-order valence-corrected chi connectivity index (χ3v) is 3.39. The quantitative estimate of drug-likeness (QED) is 0.776. The summed E-state index contributed by atoms with van der Waals surface area (Å²) in [4.78, 5) is 2.33. The molecule has 1 aromatic carbocycles. The van der Waals surface area contributed by atoms with Gasteiger partial charge in [-0.05, 0) is 25.1 Å². The summed E-state index contributed by atoms with van der Waals surface area (Å²) < 4.78 is 0. The van der Waals surface area contributed by atoms with Gasteiger partial charge in [0, 0.05) is 31.7 Å². The van der Waals surface area contributed by atoms with Crippen molar-refractivity contribution in [3.8, 4) is 0 Å². The van der Waals surface area contributed by atoms with Gasteiger partial charge in [-0.2, -0.15) is 0 Å². The van der Waals surface area contributed by atoms with Gasteiger partial charge in [-0.3, -0.25) is 0 Å². The highest BCUT2D eigenvalue weighted by Gasteiger charge is 2.24. The fourth-order valence-corrected chi connectivity index (χ4v) is 2.35. The third kappa shape index (κ3) is 2.43. The zero-order valence-corrected chi connectivity index (χ0v) is 10.1. The van der Waals surface area contributed by atoms with Gasteiger partial charge in [-0.25, -0.2) is 0 Å². The average molecular weight is 219 g/mol. The van der Waals surface area contributed by atoms with E-state index >= 15 is 0 Å². The second kappa shape index (κ2) is 4.95. The lowest BCUT2D eigenvalue weighted by molar-refractivity contribution is 0.219. The number of aryl methyl sites for hydroxylation is 1. The molecule has 0 saturated carbocycles. The maximum atomic E-state index is 6.34. The molecule has 1 fully saturated rings. The molecule has 0 amide bonds. The molecule has 2 rings (SSSR count). The maximum absolute atomic E-state index is 6.34. The van der Waals surface area contributed by atoms with Crippen LogP contribution < -0.4 is 11.1 Å². The summed E-state index contributed by atoms with van der Waals surface area (Å²) in [6.45, 7) is 5.29. The standard InChI is InChI=1S/C13H21N3/c1-10-5-3-4-6-11(10)13(14)12-9-16(2)8-7-15-12/h3-6,12-13,15H,7-9,14H2,1-2H3. The Kier molecular flexibility index (Phi) is 3.59. The van der Waals surface area contributed by atoms with Crippen LogP contribution >= 0.6 is 0 Å². The van der Waals surface area contributed by atoms with E-state index in [1.807, 2.05) is 0 Å². The van der Waals surface area contributed by atoms with Crippen molar-refractivity contribution in [2.24, 2.45) is 5.73 Å². The summed E-state index contributed by atoms with van der Waals surface area (Å²) in [5.74, 6) is 0. The van der Waals surface area contributed by atoms with Gasteiger partial charge in [-0.1, -0.05) is 24.3 Å². The van der Waals surface area contributed by atoms with Crippen molar-refractivity contribution in [2.45, 2.75) is 19.0 Å². The highest BCUT2D eigenvalue weighted by Crippen LogP contribution is 2.19. The van der Waals surface area contributed by atoms with Gasteiger partial charge in [0.25, 0.3) is 0 Å². The van der Waals surface area contributed by atoms with Crippen LogP contribution in [0.3, 0.4) is 0 Å².